The zero-order valence-electron chi connectivity index (χ0n) is 20.0. The summed E-state index contributed by atoms with van der Waals surface area (Å²) in [4.78, 5) is 0. The smallest absolute Gasteiger partial charge is 0.00388 e. The van der Waals surface area contributed by atoms with Crippen molar-refractivity contribution in [3.8, 4) is 0 Å². The van der Waals surface area contributed by atoms with Crippen molar-refractivity contribution < 1.29 is 0 Å². The molecule has 0 radical (unpaired) electrons. The number of hydrogen-bond acceptors (Lipinski definition) is 1. The highest BCUT2D eigenvalue weighted by Crippen LogP contribution is 2.14. The molecule has 0 aliphatic heterocycles. The second kappa shape index (κ2) is 23.0. The predicted molar refractivity (Wildman–Crippen MR) is 130 cm³/mol. The van der Waals surface area contributed by atoms with Gasteiger partial charge in [-0.2, -0.15) is 0 Å². The molecule has 168 valence electrons. The normalized spacial score (nSPS) is 13.0. The van der Waals surface area contributed by atoms with E-state index in [9.17, 15) is 0 Å². The number of nitrogens with two attached hydrogens (primary N) is 1. The highest BCUT2D eigenvalue weighted by Gasteiger charge is 2.02. The number of allylic oxidation sites excluding steroid dienone is 2. The maximum Gasteiger partial charge on any atom is 0.00388 e. The van der Waals surface area contributed by atoms with Gasteiger partial charge in [0, 0.05) is 6.04 Å². The molecule has 0 rings (SSSR count). The SMILES string of the molecule is CCCCCCCCC=CCCCCCCCC(N)CCCCCCC(C)C. The standard InChI is InChI=1S/C27H55N/c1-4-5-6-7-8-9-10-11-12-13-14-15-16-17-21-24-27(28)25-22-19-18-20-23-26(2)3/h11-12,26-27H,4-10,13-25,28H2,1-3H3. The average Bonchev–Trinajstić information content (AvgIpc) is 2.67. The van der Waals surface area contributed by atoms with Gasteiger partial charge in [-0.3, -0.25) is 0 Å². The first kappa shape index (κ1) is 27.7. The van der Waals surface area contributed by atoms with Crippen LogP contribution in [-0.2, 0) is 0 Å². The van der Waals surface area contributed by atoms with Crippen LogP contribution in [0.2, 0.25) is 0 Å². The van der Waals surface area contributed by atoms with Gasteiger partial charge in [0.1, 0.15) is 0 Å². The molecule has 0 bridgehead atoms. The van der Waals surface area contributed by atoms with Crippen LogP contribution in [0.5, 0.6) is 0 Å². The molecule has 0 aliphatic carbocycles. The van der Waals surface area contributed by atoms with E-state index in [1.54, 1.807) is 0 Å². The van der Waals surface area contributed by atoms with Crippen molar-refractivity contribution in [1.82, 2.24) is 0 Å². The monoisotopic (exact) mass is 393 g/mol. The lowest BCUT2D eigenvalue weighted by Gasteiger charge is -2.11. The van der Waals surface area contributed by atoms with E-state index in [4.69, 9.17) is 5.73 Å². The molecule has 0 aromatic heterocycles. The molecule has 28 heavy (non-hydrogen) atoms. The van der Waals surface area contributed by atoms with Crippen LogP contribution < -0.4 is 5.73 Å². The lowest BCUT2D eigenvalue weighted by Crippen LogP contribution is -2.19. The minimum Gasteiger partial charge on any atom is -0.328 e. The summed E-state index contributed by atoms with van der Waals surface area (Å²) >= 11 is 0. The molecular weight excluding hydrogens is 338 g/mol. The minimum absolute atomic E-state index is 0.454. The zero-order valence-corrected chi connectivity index (χ0v) is 20.0. The van der Waals surface area contributed by atoms with E-state index in [0.717, 1.165) is 5.92 Å². The van der Waals surface area contributed by atoms with Gasteiger partial charge in [-0.05, 0) is 44.4 Å². The molecule has 2 N–H and O–H groups in total. The van der Waals surface area contributed by atoms with Crippen molar-refractivity contribution in [2.24, 2.45) is 11.7 Å². The van der Waals surface area contributed by atoms with Crippen molar-refractivity contribution in [3.63, 3.8) is 0 Å². The molecular formula is C27H55N. The third-order valence-corrected chi connectivity index (χ3v) is 5.94. The van der Waals surface area contributed by atoms with E-state index in [-0.39, 0.29) is 0 Å². The van der Waals surface area contributed by atoms with E-state index in [1.807, 2.05) is 0 Å². The van der Waals surface area contributed by atoms with Gasteiger partial charge >= 0.3 is 0 Å². The number of rotatable bonds is 22. The summed E-state index contributed by atoms with van der Waals surface area (Å²) in [6, 6.07) is 0.454. The van der Waals surface area contributed by atoms with Gasteiger partial charge in [0.2, 0.25) is 0 Å². The van der Waals surface area contributed by atoms with Crippen LogP contribution in [0.25, 0.3) is 0 Å². The molecule has 1 heteroatoms. The molecule has 1 atom stereocenters. The van der Waals surface area contributed by atoms with Crippen LogP contribution in [0.3, 0.4) is 0 Å². The summed E-state index contributed by atoms with van der Waals surface area (Å²) in [7, 11) is 0. The Morgan fingerprint density at radius 2 is 0.929 bits per heavy atom. The van der Waals surface area contributed by atoms with E-state index in [1.165, 1.54) is 128 Å². The van der Waals surface area contributed by atoms with Crippen molar-refractivity contribution >= 4 is 0 Å². The first-order valence-electron chi connectivity index (χ1n) is 13.1. The van der Waals surface area contributed by atoms with Gasteiger partial charge < -0.3 is 5.73 Å². The van der Waals surface area contributed by atoms with E-state index >= 15 is 0 Å². The van der Waals surface area contributed by atoms with Crippen LogP contribution in [0.4, 0.5) is 0 Å². The lowest BCUT2D eigenvalue weighted by molar-refractivity contribution is 0.473. The molecule has 0 aromatic carbocycles. The number of unbranched alkanes of at least 4 members (excludes halogenated alkanes) is 14. The molecule has 0 saturated carbocycles. The van der Waals surface area contributed by atoms with Gasteiger partial charge in [-0.15, -0.1) is 0 Å². The number of hydrogen-bond donors (Lipinski definition) is 1. The summed E-state index contributed by atoms with van der Waals surface area (Å²) in [5, 5.41) is 0. The average molecular weight is 394 g/mol. The Hall–Kier alpha value is -0.300. The van der Waals surface area contributed by atoms with Crippen molar-refractivity contribution in [2.75, 3.05) is 0 Å². The quantitative estimate of drug-likeness (QED) is 0.144. The summed E-state index contributed by atoms with van der Waals surface area (Å²) in [6.45, 7) is 6.93. The lowest BCUT2D eigenvalue weighted by atomic mass is 10.00. The molecule has 0 heterocycles. The highest BCUT2D eigenvalue weighted by molar-refractivity contribution is 4.81. The fourth-order valence-electron chi connectivity index (χ4n) is 3.93. The maximum absolute atomic E-state index is 6.28. The van der Waals surface area contributed by atoms with E-state index < -0.39 is 0 Å². The van der Waals surface area contributed by atoms with Gasteiger partial charge in [-0.25, -0.2) is 0 Å². The first-order valence-corrected chi connectivity index (χ1v) is 13.1. The summed E-state index contributed by atoms with van der Waals surface area (Å²) in [5.41, 5.74) is 6.28. The van der Waals surface area contributed by atoms with Crippen molar-refractivity contribution in [1.29, 1.82) is 0 Å². The Morgan fingerprint density at radius 3 is 1.39 bits per heavy atom. The van der Waals surface area contributed by atoms with Gasteiger partial charge in [0.25, 0.3) is 0 Å². The Morgan fingerprint density at radius 1 is 0.536 bits per heavy atom. The Balaban J connectivity index is 3.20. The van der Waals surface area contributed by atoms with Crippen LogP contribution in [-0.4, -0.2) is 6.04 Å². The van der Waals surface area contributed by atoms with Crippen LogP contribution in [0.15, 0.2) is 12.2 Å². The van der Waals surface area contributed by atoms with E-state index in [2.05, 4.69) is 32.9 Å². The largest absolute Gasteiger partial charge is 0.328 e. The van der Waals surface area contributed by atoms with Crippen LogP contribution in [0, 0.1) is 5.92 Å². The van der Waals surface area contributed by atoms with E-state index in [0.29, 0.717) is 6.04 Å². The topological polar surface area (TPSA) is 26.0 Å². The second-order valence-corrected chi connectivity index (χ2v) is 9.52. The van der Waals surface area contributed by atoms with Gasteiger partial charge in [0.15, 0.2) is 0 Å². The van der Waals surface area contributed by atoms with Crippen molar-refractivity contribution in [2.45, 2.75) is 155 Å². The predicted octanol–water partition coefficient (Wildman–Crippen LogP) is 9.35. The summed E-state index contributed by atoms with van der Waals surface area (Å²) in [6.07, 6.45) is 32.1. The molecule has 1 unspecified atom stereocenters. The molecule has 0 fully saturated rings. The van der Waals surface area contributed by atoms with Gasteiger partial charge in [0.05, 0.1) is 0 Å². The minimum atomic E-state index is 0.454. The van der Waals surface area contributed by atoms with Gasteiger partial charge in [-0.1, -0.05) is 123 Å². The molecule has 0 saturated heterocycles. The third-order valence-electron chi connectivity index (χ3n) is 5.94. The molecule has 0 aromatic rings. The third kappa shape index (κ3) is 23.7. The zero-order chi connectivity index (χ0) is 20.7. The van der Waals surface area contributed by atoms with Crippen LogP contribution in [0.1, 0.15) is 149 Å². The maximum atomic E-state index is 6.28. The summed E-state index contributed by atoms with van der Waals surface area (Å²) in [5.74, 6) is 0.864. The summed E-state index contributed by atoms with van der Waals surface area (Å²) < 4.78 is 0. The Labute approximate surface area is 179 Å². The Bertz CT molecular complexity index is 307. The highest BCUT2D eigenvalue weighted by atomic mass is 14.6. The molecule has 1 nitrogen and oxygen atoms in total. The molecule has 0 amide bonds. The molecule has 0 aliphatic rings. The van der Waals surface area contributed by atoms with Crippen LogP contribution >= 0.6 is 0 Å². The fourth-order valence-corrected chi connectivity index (χ4v) is 3.93. The fraction of sp³-hybridized carbons (Fsp3) is 0.926. The Kier molecular flexibility index (Phi) is 22.7. The molecule has 0 spiro atoms. The second-order valence-electron chi connectivity index (χ2n) is 9.52. The first-order chi connectivity index (χ1) is 13.7. The van der Waals surface area contributed by atoms with Crippen molar-refractivity contribution in [3.05, 3.63) is 12.2 Å².